The van der Waals surface area contributed by atoms with Crippen LogP contribution >= 0.6 is 11.6 Å². The summed E-state index contributed by atoms with van der Waals surface area (Å²) in [5.41, 5.74) is 0. The number of rotatable bonds is 16. The monoisotopic (exact) mass is 302 g/mol. The second-order valence-electron chi connectivity index (χ2n) is 6.42. The normalized spacial score (nSPS) is 12.8. The minimum atomic E-state index is 0.443. The highest BCUT2D eigenvalue weighted by molar-refractivity contribution is 6.20. The number of hydrogen-bond acceptors (Lipinski definition) is 0. The van der Waals surface area contributed by atoms with Crippen molar-refractivity contribution in [3.8, 4) is 0 Å². The van der Waals surface area contributed by atoms with Crippen LogP contribution in [-0.4, -0.2) is 5.38 Å². The molecule has 0 aromatic heterocycles. The maximum Gasteiger partial charge on any atom is 0.0336 e. The lowest BCUT2D eigenvalue weighted by atomic mass is 10.0. The first-order valence-electron chi connectivity index (χ1n) is 9.45. The fraction of sp³-hybridized carbons (Fsp3) is 1.00. The van der Waals surface area contributed by atoms with E-state index in [1.165, 1.54) is 103 Å². The van der Waals surface area contributed by atoms with Gasteiger partial charge in [0.15, 0.2) is 0 Å². The van der Waals surface area contributed by atoms with Crippen molar-refractivity contribution >= 4 is 11.6 Å². The molecule has 0 heterocycles. The van der Waals surface area contributed by atoms with Gasteiger partial charge < -0.3 is 0 Å². The summed E-state index contributed by atoms with van der Waals surface area (Å²) in [6.45, 7) is 4.53. The molecule has 0 aromatic carbocycles. The number of alkyl halides is 1. The van der Waals surface area contributed by atoms with Gasteiger partial charge in [-0.05, 0) is 12.8 Å². The van der Waals surface area contributed by atoms with Gasteiger partial charge >= 0.3 is 0 Å². The van der Waals surface area contributed by atoms with Gasteiger partial charge in [0.2, 0.25) is 0 Å². The van der Waals surface area contributed by atoms with Gasteiger partial charge in [0.05, 0.1) is 0 Å². The molecule has 0 aliphatic rings. The highest BCUT2D eigenvalue weighted by Gasteiger charge is 2.03. The van der Waals surface area contributed by atoms with Crippen molar-refractivity contribution < 1.29 is 0 Å². The Kier molecular flexibility index (Phi) is 17.6. The molecule has 0 N–H and O–H groups in total. The molecule has 0 bridgehead atoms. The molecule has 20 heavy (non-hydrogen) atoms. The van der Waals surface area contributed by atoms with Crippen molar-refractivity contribution in [3.05, 3.63) is 0 Å². The lowest BCUT2D eigenvalue weighted by molar-refractivity contribution is 0.530. The molecule has 0 saturated heterocycles. The Hall–Kier alpha value is 0.290. The van der Waals surface area contributed by atoms with Crippen LogP contribution in [-0.2, 0) is 0 Å². The topological polar surface area (TPSA) is 0 Å². The molecular weight excluding hydrogens is 264 g/mol. The number of hydrogen-bond donors (Lipinski definition) is 0. The molecule has 122 valence electrons. The molecule has 0 fully saturated rings. The number of halogens is 1. The quantitative estimate of drug-likeness (QED) is 0.201. The van der Waals surface area contributed by atoms with E-state index in [1.807, 2.05) is 0 Å². The lowest BCUT2D eigenvalue weighted by Crippen LogP contribution is -1.97. The second-order valence-corrected chi connectivity index (χ2v) is 7.03. The first-order valence-corrected chi connectivity index (χ1v) is 9.89. The summed E-state index contributed by atoms with van der Waals surface area (Å²) >= 11 is 6.29. The standard InChI is InChI=1S/C19H39Cl/c1-3-5-7-8-9-10-11-12-13-14-15-16-18-19(20)17-6-4-2/h19H,3-18H2,1-2H3. The first-order chi connectivity index (χ1) is 9.81. The average Bonchev–Trinajstić information content (AvgIpc) is 2.46. The van der Waals surface area contributed by atoms with Crippen LogP contribution < -0.4 is 0 Å². The molecule has 1 unspecified atom stereocenters. The number of unbranched alkanes of at least 4 members (excludes halogenated alkanes) is 12. The predicted octanol–water partition coefficient (Wildman–Crippen LogP) is 7.88. The van der Waals surface area contributed by atoms with Crippen LogP contribution in [0.2, 0.25) is 0 Å². The molecule has 0 saturated carbocycles. The van der Waals surface area contributed by atoms with Crippen molar-refractivity contribution in [1.82, 2.24) is 0 Å². The van der Waals surface area contributed by atoms with Crippen LogP contribution in [0.25, 0.3) is 0 Å². The summed E-state index contributed by atoms with van der Waals surface area (Å²) in [5.74, 6) is 0. The Morgan fingerprint density at radius 3 is 1.30 bits per heavy atom. The molecule has 0 amide bonds. The third-order valence-corrected chi connectivity index (χ3v) is 4.68. The van der Waals surface area contributed by atoms with Crippen molar-refractivity contribution in [2.75, 3.05) is 0 Å². The largest absolute Gasteiger partial charge is 0.123 e. The summed E-state index contributed by atoms with van der Waals surface area (Å²) in [4.78, 5) is 0. The summed E-state index contributed by atoms with van der Waals surface area (Å²) in [5, 5.41) is 0.443. The maximum absolute atomic E-state index is 6.29. The van der Waals surface area contributed by atoms with Crippen molar-refractivity contribution in [2.24, 2.45) is 0 Å². The summed E-state index contributed by atoms with van der Waals surface area (Å²) in [7, 11) is 0. The van der Waals surface area contributed by atoms with Crippen LogP contribution in [0.3, 0.4) is 0 Å². The minimum absolute atomic E-state index is 0.443. The smallest absolute Gasteiger partial charge is 0.0336 e. The molecule has 0 radical (unpaired) electrons. The summed E-state index contributed by atoms with van der Waals surface area (Å²) < 4.78 is 0. The predicted molar refractivity (Wildman–Crippen MR) is 94.9 cm³/mol. The van der Waals surface area contributed by atoms with Crippen LogP contribution in [0.5, 0.6) is 0 Å². The Balaban J connectivity index is 3.02. The molecule has 0 aliphatic heterocycles. The Morgan fingerprint density at radius 1 is 0.500 bits per heavy atom. The third kappa shape index (κ3) is 16.3. The molecular formula is C19H39Cl. The lowest BCUT2D eigenvalue weighted by Gasteiger charge is -2.08. The molecule has 1 atom stereocenters. The zero-order valence-electron chi connectivity index (χ0n) is 14.3. The van der Waals surface area contributed by atoms with E-state index in [2.05, 4.69) is 13.8 Å². The fourth-order valence-electron chi connectivity index (χ4n) is 2.78. The second kappa shape index (κ2) is 17.3. The van der Waals surface area contributed by atoms with Gasteiger partial charge in [-0.2, -0.15) is 0 Å². The van der Waals surface area contributed by atoms with E-state index < -0.39 is 0 Å². The van der Waals surface area contributed by atoms with Crippen LogP contribution in [0.4, 0.5) is 0 Å². The highest BCUT2D eigenvalue weighted by Crippen LogP contribution is 2.17. The van der Waals surface area contributed by atoms with Gasteiger partial charge in [0.25, 0.3) is 0 Å². The Labute approximate surface area is 134 Å². The van der Waals surface area contributed by atoms with E-state index in [9.17, 15) is 0 Å². The van der Waals surface area contributed by atoms with E-state index in [-0.39, 0.29) is 0 Å². The van der Waals surface area contributed by atoms with Crippen molar-refractivity contribution in [3.63, 3.8) is 0 Å². The van der Waals surface area contributed by atoms with Crippen molar-refractivity contribution in [1.29, 1.82) is 0 Å². The SMILES string of the molecule is CCCCCCCCCCCCCCC(Cl)CCCC. The van der Waals surface area contributed by atoms with Crippen molar-refractivity contribution in [2.45, 2.75) is 122 Å². The van der Waals surface area contributed by atoms with E-state index >= 15 is 0 Å². The van der Waals surface area contributed by atoms with Crippen LogP contribution in [0, 0.1) is 0 Å². The Bertz CT molecular complexity index is 167. The molecule has 0 spiro atoms. The van der Waals surface area contributed by atoms with Gasteiger partial charge in [-0.1, -0.05) is 104 Å². The fourth-order valence-corrected chi connectivity index (χ4v) is 3.09. The van der Waals surface area contributed by atoms with E-state index in [0.717, 1.165) is 0 Å². The molecule has 0 aromatic rings. The maximum atomic E-state index is 6.29. The summed E-state index contributed by atoms with van der Waals surface area (Å²) in [6.07, 6.45) is 22.2. The average molecular weight is 303 g/mol. The zero-order chi connectivity index (χ0) is 14.9. The van der Waals surface area contributed by atoms with Crippen LogP contribution in [0.1, 0.15) is 117 Å². The Morgan fingerprint density at radius 2 is 0.850 bits per heavy atom. The van der Waals surface area contributed by atoms with E-state index in [4.69, 9.17) is 11.6 Å². The molecule has 0 nitrogen and oxygen atoms in total. The summed E-state index contributed by atoms with van der Waals surface area (Å²) in [6, 6.07) is 0. The van der Waals surface area contributed by atoms with E-state index in [0.29, 0.717) is 5.38 Å². The zero-order valence-corrected chi connectivity index (χ0v) is 15.0. The van der Waals surface area contributed by atoms with Gasteiger partial charge in [0, 0.05) is 5.38 Å². The van der Waals surface area contributed by atoms with Gasteiger partial charge in [-0.15, -0.1) is 11.6 Å². The van der Waals surface area contributed by atoms with Gasteiger partial charge in [-0.3, -0.25) is 0 Å². The molecule has 0 rings (SSSR count). The first kappa shape index (κ1) is 20.3. The van der Waals surface area contributed by atoms with Gasteiger partial charge in [0.1, 0.15) is 0 Å². The molecule has 1 heteroatoms. The third-order valence-electron chi connectivity index (χ3n) is 4.24. The molecule has 0 aliphatic carbocycles. The van der Waals surface area contributed by atoms with E-state index in [1.54, 1.807) is 0 Å². The van der Waals surface area contributed by atoms with Gasteiger partial charge in [-0.25, -0.2) is 0 Å². The minimum Gasteiger partial charge on any atom is -0.123 e. The highest BCUT2D eigenvalue weighted by atomic mass is 35.5. The van der Waals surface area contributed by atoms with Crippen LogP contribution in [0.15, 0.2) is 0 Å².